The van der Waals surface area contributed by atoms with Crippen molar-refractivity contribution in [3.05, 3.63) is 35.9 Å². The number of hydrogen-bond acceptors (Lipinski definition) is 3. The Bertz CT molecular complexity index is 420. The van der Waals surface area contributed by atoms with Crippen molar-refractivity contribution in [2.24, 2.45) is 0 Å². The molecule has 2 atom stereocenters. The van der Waals surface area contributed by atoms with Gasteiger partial charge in [-0.1, -0.05) is 30.3 Å². The molecule has 2 heterocycles. The number of carbonyl (C=O) groups excluding carboxylic acids is 1. The fraction of sp³-hybridized carbons (Fsp3) is 0.500. The zero-order valence-corrected chi connectivity index (χ0v) is 10.2. The Hall–Kier alpha value is -1.55. The van der Waals surface area contributed by atoms with E-state index in [0.717, 1.165) is 25.0 Å². The summed E-state index contributed by atoms with van der Waals surface area (Å²) in [7, 11) is 0. The van der Waals surface area contributed by atoms with Crippen LogP contribution in [-0.2, 0) is 16.1 Å². The van der Waals surface area contributed by atoms with Crippen LogP contribution in [0.4, 0.5) is 4.79 Å². The number of amides is 1. The van der Waals surface area contributed by atoms with Crippen molar-refractivity contribution in [2.75, 3.05) is 13.2 Å². The van der Waals surface area contributed by atoms with Gasteiger partial charge in [0.2, 0.25) is 0 Å². The number of ether oxygens (including phenoxy) is 2. The zero-order chi connectivity index (χ0) is 12.4. The van der Waals surface area contributed by atoms with Gasteiger partial charge < -0.3 is 14.4 Å². The highest BCUT2D eigenvalue weighted by Gasteiger charge is 2.39. The van der Waals surface area contributed by atoms with E-state index in [4.69, 9.17) is 9.47 Å². The maximum atomic E-state index is 12.0. The van der Waals surface area contributed by atoms with E-state index in [2.05, 4.69) is 0 Å². The highest BCUT2D eigenvalue weighted by Crippen LogP contribution is 2.28. The topological polar surface area (TPSA) is 38.8 Å². The molecular weight excluding hydrogens is 230 g/mol. The fourth-order valence-electron chi connectivity index (χ4n) is 2.66. The Labute approximate surface area is 106 Å². The number of rotatable bonds is 2. The van der Waals surface area contributed by atoms with Crippen LogP contribution in [0.3, 0.4) is 0 Å². The molecule has 3 rings (SSSR count). The highest BCUT2D eigenvalue weighted by atomic mass is 16.6. The molecule has 0 aliphatic carbocycles. The Kier molecular flexibility index (Phi) is 3.19. The van der Waals surface area contributed by atoms with Crippen LogP contribution in [0.15, 0.2) is 30.3 Å². The lowest BCUT2D eigenvalue weighted by atomic mass is 10.1. The normalized spacial score (nSPS) is 26.1. The molecule has 2 fully saturated rings. The fourth-order valence-corrected chi connectivity index (χ4v) is 2.66. The third kappa shape index (κ3) is 2.34. The Morgan fingerprint density at radius 2 is 2.22 bits per heavy atom. The van der Waals surface area contributed by atoms with Crippen molar-refractivity contribution in [1.82, 2.24) is 4.90 Å². The van der Waals surface area contributed by atoms with Crippen molar-refractivity contribution in [3.63, 3.8) is 0 Å². The van der Waals surface area contributed by atoms with Crippen LogP contribution in [0.5, 0.6) is 0 Å². The van der Waals surface area contributed by atoms with E-state index in [1.165, 1.54) is 0 Å². The predicted molar refractivity (Wildman–Crippen MR) is 66.1 cm³/mol. The first-order valence-electron chi connectivity index (χ1n) is 6.42. The number of hydrogen-bond donors (Lipinski definition) is 0. The molecule has 2 bridgehead atoms. The molecule has 0 radical (unpaired) electrons. The summed E-state index contributed by atoms with van der Waals surface area (Å²) in [5.41, 5.74) is 1.02. The van der Waals surface area contributed by atoms with Gasteiger partial charge in [-0.25, -0.2) is 4.79 Å². The Morgan fingerprint density at radius 3 is 3.00 bits per heavy atom. The molecule has 2 aliphatic rings. The van der Waals surface area contributed by atoms with Crippen LogP contribution in [-0.4, -0.2) is 36.3 Å². The molecule has 0 unspecified atom stereocenters. The molecule has 0 spiro atoms. The van der Waals surface area contributed by atoms with Crippen LogP contribution < -0.4 is 0 Å². The highest BCUT2D eigenvalue weighted by molar-refractivity contribution is 5.68. The van der Waals surface area contributed by atoms with Gasteiger partial charge in [0.1, 0.15) is 6.61 Å². The molecule has 1 aromatic carbocycles. The number of likely N-dealkylation sites (tertiary alicyclic amines) is 1. The van der Waals surface area contributed by atoms with E-state index in [1.807, 2.05) is 35.2 Å². The van der Waals surface area contributed by atoms with Crippen LogP contribution in [0.1, 0.15) is 18.4 Å². The molecule has 0 saturated carbocycles. The molecule has 96 valence electrons. The van der Waals surface area contributed by atoms with E-state index in [-0.39, 0.29) is 12.2 Å². The van der Waals surface area contributed by atoms with Gasteiger partial charge in [0.25, 0.3) is 0 Å². The average molecular weight is 247 g/mol. The monoisotopic (exact) mass is 247 g/mol. The van der Waals surface area contributed by atoms with Gasteiger partial charge >= 0.3 is 6.09 Å². The second-order valence-electron chi connectivity index (χ2n) is 4.86. The Balaban J connectivity index is 1.56. The summed E-state index contributed by atoms with van der Waals surface area (Å²) >= 11 is 0. The molecule has 0 aromatic heterocycles. The van der Waals surface area contributed by atoms with Gasteiger partial charge in [0.05, 0.1) is 12.6 Å². The first-order valence-corrected chi connectivity index (χ1v) is 6.42. The smallest absolute Gasteiger partial charge is 0.410 e. The van der Waals surface area contributed by atoms with Gasteiger partial charge in [0, 0.05) is 12.6 Å². The van der Waals surface area contributed by atoms with Crippen molar-refractivity contribution >= 4 is 6.09 Å². The van der Waals surface area contributed by atoms with Gasteiger partial charge in [-0.05, 0) is 18.4 Å². The van der Waals surface area contributed by atoms with Crippen LogP contribution in [0.25, 0.3) is 0 Å². The predicted octanol–water partition coefficient (Wildman–Crippen LogP) is 2.19. The summed E-state index contributed by atoms with van der Waals surface area (Å²) in [6, 6.07) is 10.1. The number of benzene rings is 1. The number of carbonyl (C=O) groups is 1. The lowest BCUT2D eigenvalue weighted by Crippen LogP contribution is -2.35. The summed E-state index contributed by atoms with van der Waals surface area (Å²) in [6.45, 7) is 1.78. The molecule has 1 amide bonds. The summed E-state index contributed by atoms with van der Waals surface area (Å²) in [5.74, 6) is 0. The van der Waals surface area contributed by atoms with Crippen LogP contribution in [0.2, 0.25) is 0 Å². The standard InChI is InChI=1S/C14H17NO3/c16-14(18-10-11-4-2-1-3-5-11)15-9-13-8-12(15)6-7-17-13/h1-5,12-13H,6-10H2/t12-,13+/m1/s1. The third-order valence-electron chi connectivity index (χ3n) is 3.62. The largest absolute Gasteiger partial charge is 0.445 e. The minimum absolute atomic E-state index is 0.211. The van der Waals surface area contributed by atoms with Gasteiger partial charge in [-0.3, -0.25) is 0 Å². The quantitative estimate of drug-likeness (QED) is 0.804. The number of nitrogens with zero attached hydrogens (tertiary/aromatic N) is 1. The van der Waals surface area contributed by atoms with Gasteiger partial charge in [-0.15, -0.1) is 0 Å². The third-order valence-corrected chi connectivity index (χ3v) is 3.62. The van der Waals surface area contributed by atoms with Gasteiger partial charge in [-0.2, -0.15) is 0 Å². The number of fused-ring (bicyclic) bond motifs is 2. The molecule has 2 saturated heterocycles. The van der Waals surface area contributed by atoms with Crippen molar-refractivity contribution in [2.45, 2.75) is 31.6 Å². The molecule has 4 nitrogen and oxygen atoms in total. The second kappa shape index (κ2) is 4.98. The molecule has 1 aromatic rings. The van der Waals surface area contributed by atoms with Crippen molar-refractivity contribution in [1.29, 1.82) is 0 Å². The molecule has 0 N–H and O–H groups in total. The lowest BCUT2D eigenvalue weighted by molar-refractivity contribution is 0.0418. The summed E-state index contributed by atoms with van der Waals surface area (Å²) in [4.78, 5) is 13.8. The first kappa shape index (κ1) is 11.5. The van der Waals surface area contributed by atoms with Crippen molar-refractivity contribution in [3.8, 4) is 0 Å². The molecule has 2 aliphatic heterocycles. The first-order chi connectivity index (χ1) is 8.83. The summed E-state index contributed by atoms with van der Waals surface area (Å²) in [5, 5.41) is 0. The van der Waals surface area contributed by atoms with Crippen molar-refractivity contribution < 1.29 is 14.3 Å². The molecular formula is C14H17NO3. The second-order valence-corrected chi connectivity index (χ2v) is 4.86. The van der Waals surface area contributed by atoms with E-state index in [9.17, 15) is 4.79 Å². The molecule has 18 heavy (non-hydrogen) atoms. The maximum Gasteiger partial charge on any atom is 0.410 e. The van der Waals surface area contributed by atoms with Gasteiger partial charge in [0.15, 0.2) is 0 Å². The van der Waals surface area contributed by atoms with E-state index in [1.54, 1.807) is 0 Å². The summed E-state index contributed by atoms with van der Waals surface area (Å²) < 4.78 is 10.9. The maximum absolute atomic E-state index is 12.0. The van der Waals surface area contributed by atoms with Crippen LogP contribution >= 0.6 is 0 Å². The van der Waals surface area contributed by atoms with E-state index >= 15 is 0 Å². The van der Waals surface area contributed by atoms with E-state index < -0.39 is 0 Å². The Morgan fingerprint density at radius 1 is 1.39 bits per heavy atom. The lowest BCUT2D eigenvalue weighted by Gasteiger charge is -2.23. The minimum atomic E-state index is -0.211. The zero-order valence-electron chi connectivity index (χ0n) is 10.2. The SMILES string of the molecule is O=C(OCc1ccccc1)N1C[C@@H]2C[C@H]1CCO2. The van der Waals surface area contributed by atoms with E-state index in [0.29, 0.717) is 19.2 Å². The average Bonchev–Trinajstić information content (AvgIpc) is 2.72. The summed E-state index contributed by atoms with van der Waals surface area (Å²) in [6.07, 6.45) is 1.89. The van der Waals surface area contributed by atoms with Crippen LogP contribution in [0, 0.1) is 0 Å². The minimum Gasteiger partial charge on any atom is -0.445 e. The molecule has 4 heteroatoms.